The molecule has 4 nitrogen and oxygen atoms in total. The Hall–Kier alpha value is -6.29. The largest absolute Gasteiger partial charge is 0.314 e. The third-order valence-electron chi connectivity index (χ3n) is 12.5. The average Bonchev–Trinajstić information content (AvgIpc) is 3.82. The van der Waals surface area contributed by atoms with Gasteiger partial charge in [0.05, 0.1) is 22.4 Å². The quantitative estimate of drug-likeness (QED) is 0.113. The van der Waals surface area contributed by atoms with E-state index in [1.165, 1.54) is 72.2 Å². The van der Waals surface area contributed by atoms with E-state index in [4.69, 9.17) is 0 Å². The predicted molar refractivity (Wildman–Crippen MR) is 256 cm³/mol. The van der Waals surface area contributed by atoms with Gasteiger partial charge in [0, 0.05) is 56.0 Å². The molecular weight excluding hydrogens is 734 g/mol. The lowest BCUT2D eigenvalue weighted by Crippen LogP contribution is -2.60. The van der Waals surface area contributed by atoms with Gasteiger partial charge in [0.2, 0.25) is 0 Å². The first-order chi connectivity index (χ1) is 28.8. The number of hydrogen-bond donors (Lipinski definition) is 0. The molecule has 9 aromatic rings. The summed E-state index contributed by atoms with van der Waals surface area (Å²) >= 11 is 0. The van der Waals surface area contributed by atoms with Gasteiger partial charge in [-0.2, -0.15) is 0 Å². The minimum absolute atomic E-state index is 0.0506. The van der Waals surface area contributed by atoms with Gasteiger partial charge in [0.1, 0.15) is 0 Å². The number of aryl methyl sites for hydroxylation is 1. The molecule has 0 saturated heterocycles. The molecule has 0 bridgehead atoms. The van der Waals surface area contributed by atoms with Crippen LogP contribution in [0.25, 0.3) is 33.2 Å². The Morgan fingerprint density at radius 1 is 0.525 bits per heavy atom. The number of anilines is 6. The van der Waals surface area contributed by atoms with E-state index >= 15 is 0 Å². The lowest BCUT2D eigenvalue weighted by Gasteiger charge is -2.37. The summed E-state index contributed by atoms with van der Waals surface area (Å²) in [5, 5.41) is 2.53. The highest BCUT2D eigenvalue weighted by atomic mass is 31.0. The molecule has 11 rings (SSSR count). The fraction of sp³-hybridized carbons (Fsp3) is 0.132. The van der Waals surface area contributed by atoms with Gasteiger partial charge in [0.15, 0.2) is 0 Å². The number of benzene rings is 7. The SMILES string of the molecule is CCCc1cc2c(N(c3ccccc3)c3ccccc3)ccc3c2n1-c1cc(C(C)(C)C)cc2c1B3c1ccc(N(c3ccccc3)c3ccccc3)c3cc(P)n-2c13. The number of rotatable bonds is 8. The Labute approximate surface area is 349 Å². The molecule has 0 amide bonds. The summed E-state index contributed by atoms with van der Waals surface area (Å²) in [5.41, 5.74) is 20.0. The maximum Gasteiger partial charge on any atom is 0.252 e. The van der Waals surface area contributed by atoms with E-state index in [1.807, 2.05) is 0 Å². The Morgan fingerprint density at radius 3 is 1.39 bits per heavy atom. The molecule has 6 heteroatoms. The average molecular weight is 781 g/mol. The zero-order valence-electron chi connectivity index (χ0n) is 34.0. The summed E-state index contributed by atoms with van der Waals surface area (Å²) in [6, 6.07) is 62.8. The fourth-order valence-corrected chi connectivity index (χ4v) is 10.4. The van der Waals surface area contributed by atoms with Crippen molar-refractivity contribution in [3.63, 3.8) is 0 Å². The van der Waals surface area contributed by atoms with Crippen molar-refractivity contribution in [2.24, 2.45) is 0 Å². The van der Waals surface area contributed by atoms with Crippen LogP contribution in [0.4, 0.5) is 34.1 Å². The molecule has 2 aliphatic rings. The van der Waals surface area contributed by atoms with Crippen LogP contribution in [-0.4, -0.2) is 15.8 Å². The van der Waals surface area contributed by atoms with Crippen molar-refractivity contribution >= 4 is 93.7 Å². The van der Waals surface area contributed by atoms with Crippen molar-refractivity contribution < 1.29 is 0 Å². The van der Waals surface area contributed by atoms with Crippen molar-refractivity contribution in [1.29, 1.82) is 0 Å². The van der Waals surface area contributed by atoms with Crippen LogP contribution in [0.5, 0.6) is 0 Å². The van der Waals surface area contributed by atoms with Crippen LogP contribution in [0.3, 0.4) is 0 Å². The molecule has 59 heavy (non-hydrogen) atoms. The summed E-state index contributed by atoms with van der Waals surface area (Å²) < 4.78 is 5.19. The third-order valence-corrected chi connectivity index (χ3v) is 12.9. The van der Waals surface area contributed by atoms with Crippen LogP contribution in [0, 0.1) is 0 Å². The van der Waals surface area contributed by atoms with Crippen LogP contribution in [0.2, 0.25) is 0 Å². The summed E-state index contributed by atoms with van der Waals surface area (Å²) in [7, 11) is 3.12. The second kappa shape index (κ2) is 13.6. The van der Waals surface area contributed by atoms with Gasteiger partial charge < -0.3 is 18.9 Å². The highest BCUT2D eigenvalue weighted by molar-refractivity contribution is 7.27. The molecule has 4 heterocycles. The lowest BCUT2D eigenvalue weighted by atomic mass is 9.34. The van der Waals surface area contributed by atoms with Gasteiger partial charge in [0.25, 0.3) is 6.71 Å². The third kappa shape index (κ3) is 5.48. The van der Waals surface area contributed by atoms with Crippen LogP contribution < -0.4 is 31.6 Å². The molecule has 2 aliphatic heterocycles. The number of nitrogens with zero attached hydrogens (tertiary/aromatic N) is 4. The Balaban J connectivity index is 1.23. The summed E-state index contributed by atoms with van der Waals surface area (Å²) in [6.45, 7) is 9.41. The Morgan fingerprint density at radius 2 is 0.949 bits per heavy atom. The van der Waals surface area contributed by atoms with Gasteiger partial charge >= 0.3 is 0 Å². The first kappa shape index (κ1) is 35.8. The molecule has 1 unspecified atom stereocenters. The Bertz CT molecular complexity index is 2980. The van der Waals surface area contributed by atoms with Gasteiger partial charge in [-0.3, -0.25) is 0 Å². The van der Waals surface area contributed by atoms with Crippen molar-refractivity contribution in [2.75, 3.05) is 9.80 Å². The van der Waals surface area contributed by atoms with Gasteiger partial charge in [-0.1, -0.05) is 128 Å². The van der Waals surface area contributed by atoms with Crippen LogP contribution in [0.15, 0.2) is 170 Å². The molecule has 286 valence electrons. The molecule has 0 radical (unpaired) electrons. The van der Waals surface area contributed by atoms with Crippen LogP contribution in [0.1, 0.15) is 45.4 Å². The van der Waals surface area contributed by atoms with E-state index in [1.54, 1.807) is 0 Å². The topological polar surface area (TPSA) is 16.3 Å². The molecule has 0 fully saturated rings. The van der Waals surface area contributed by atoms with Crippen molar-refractivity contribution in [3.8, 4) is 11.4 Å². The number of hydrogen-bond acceptors (Lipinski definition) is 2. The van der Waals surface area contributed by atoms with E-state index < -0.39 is 0 Å². The lowest BCUT2D eigenvalue weighted by molar-refractivity contribution is 0.589. The highest BCUT2D eigenvalue weighted by Gasteiger charge is 2.42. The number of fused-ring (bicyclic) bond motifs is 4. The summed E-state index contributed by atoms with van der Waals surface area (Å²) in [4.78, 5) is 4.85. The number of aromatic nitrogens is 2. The fourth-order valence-electron chi connectivity index (χ4n) is 9.92. The van der Waals surface area contributed by atoms with E-state index in [0.29, 0.717) is 0 Å². The van der Waals surface area contributed by atoms with E-state index in [0.717, 1.165) is 41.0 Å². The first-order valence-corrected chi connectivity index (χ1v) is 21.5. The van der Waals surface area contributed by atoms with Crippen LogP contribution in [-0.2, 0) is 11.8 Å². The molecular formula is C53H46BN4P. The van der Waals surface area contributed by atoms with Crippen molar-refractivity contribution in [1.82, 2.24) is 9.13 Å². The molecule has 7 aromatic carbocycles. The molecule has 0 saturated carbocycles. The maximum atomic E-state index is 3.12. The Kier molecular flexibility index (Phi) is 8.29. The molecule has 0 aliphatic carbocycles. The minimum atomic E-state index is -0.0649. The normalized spacial score (nSPS) is 12.6. The zero-order valence-corrected chi connectivity index (χ0v) is 35.2. The maximum absolute atomic E-state index is 3.12. The van der Waals surface area contributed by atoms with E-state index in [2.05, 4.69) is 226 Å². The van der Waals surface area contributed by atoms with Crippen molar-refractivity contribution in [2.45, 2.75) is 46.0 Å². The monoisotopic (exact) mass is 780 g/mol. The molecule has 0 spiro atoms. The molecule has 0 N–H and O–H groups in total. The second-order valence-electron chi connectivity index (χ2n) is 17.1. The smallest absolute Gasteiger partial charge is 0.252 e. The molecule has 2 aromatic heterocycles. The highest BCUT2D eigenvalue weighted by Crippen LogP contribution is 2.44. The van der Waals surface area contributed by atoms with E-state index in [-0.39, 0.29) is 12.1 Å². The second-order valence-corrected chi connectivity index (χ2v) is 17.7. The van der Waals surface area contributed by atoms with E-state index in [9.17, 15) is 0 Å². The summed E-state index contributed by atoms with van der Waals surface area (Å²) in [5.74, 6) is 0. The number of para-hydroxylation sites is 4. The molecule has 1 atom stereocenters. The predicted octanol–water partition coefficient (Wildman–Crippen LogP) is 11.4. The van der Waals surface area contributed by atoms with Crippen molar-refractivity contribution in [3.05, 3.63) is 181 Å². The first-order valence-electron chi connectivity index (χ1n) is 20.9. The summed E-state index contributed by atoms with van der Waals surface area (Å²) in [6.07, 6.45) is 2.05. The van der Waals surface area contributed by atoms with Gasteiger partial charge in [-0.25, -0.2) is 0 Å². The van der Waals surface area contributed by atoms with Crippen LogP contribution >= 0.6 is 9.24 Å². The minimum Gasteiger partial charge on any atom is -0.314 e. The van der Waals surface area contributed by atoms with Gasteiger partial charge in [-0.05, 0) is 119 Å². The zero-order chi connectivity index (χ0) is 40.0. The van der Waals surface area contributed by atoms with Gasteiger partial charge in [-0.15, -0.1) is 0 Å². The standard InChI is InChI=1S/C53H46BN4P/c1-5-18-40-33-41-45(55(36-19-10-6-11-20-36)37-21-12-7-13-22-37)29-27-43-51(41)57(40)47-31-35(53(2,3)4)32-48-50(47)54(43)44-28-30-46(42-34-49(59)58(48)52(42)44)56(38-23-14-8-15-24-38)39-25-16-9-17-26-39/h6-17,19-34H,5,18,59H2,1-4H3.